The summed E-state index contributed by atoms with van der Waals surface area (Å²) in [5, 5.41) is 18.7. The van der Waals surface area contributed by atoms with E-state index in [1.54, 1.807) is 0 Å². The molecule has 0 bridgehead atoms. The first kappa shape index (κ1) is 48.3. The van der Waals surface area contributed by atoms with Crippen LogP contribution in [0.15, 0.2) is 0 Å². The zero-order valence-corrected chi connectivity index (χ0v) is 34.5. The van der Waals surface area contributed by atoms with Crippen molar-refractivity contribution < 1.29 is 42.8 Å². The molecule has 0 aliphatic heterocycles. The molecule has 1 aliphatic rings. The van der Waals surface area contributed by atoms with E-state index in [-0.39, 0.29) is 13.0 Å². The van der Waals surface area contributed by atoms with Gasteiger partial charge < -0.3 is 28.6 Å². The SMILES string of the molecule is CCCCCCCCCCCCCCCC(=O)C(=O)C(CCCCCCC1CC1CCCCCC)C(C[N+](C)(C)C)OP(=O)([O-])OC[C@H](O)CO. The summed E-state index contributed by atoms with van der Waals surface area (Å²) in [6.07, 6.45) is 26.7. The van der Waals surface area contributed by atoms with E-state index < -0.39 is 50.7 Å². The van der Waals surface area contributed by atoms with Crippen LogP contribution in [0.4, 0.5) is 0 Å². The zero-order valence-electron chi connectivity index (χ0n) is 33.6. The van der Waals surface area contributed by atoms with Crippen LogP contribution in [-0.2, 0) is 23.2 Å². The van der Waals surface area contributed by atoms with Gasteiger partial charge in [-0.3, -0.25) is 14.2 Å². The Bertz CT molecular complexity index is 941. The van der Waals surface area contributed by atoms with Crippen molar-refractivity contribution in [2.24, 2.45) is 17.8 Å². The second kappa shape index (κ2) is 28.7. The second-order valence-corrected chi connectivity index (χ2v) is 18.0. The maximum atomic E-state index is 13.8. The highest BCUT2D eigenvalue weighted by Gasteiger charge is 2.38. The molecule has 0 heterocycles. The number of Topliss-reactive ketones (excluding diaryl/α,β-unsaturated/α-hetero) is 2. The zero-order chi connectivity index (χ0) is 38.0. The number of hydrogen-bond donors (Lipinski definition) is 2. The van der Waals surface area contributed by atoms with Crippen molar-refractivity contribution in [3.05, 3.63) is 0 Å². The Morgan fingerprint density at radius 1 is 0.745 bits per heavy atom. The van der Waals surface area contributed by atoms with E-state index in [1.165, 1.54) is 103 Å². The summed E-state index contributed by atoms with van der Waals surface area (Å²) in [6, 6.07) is 0. The summed E-state index contributed by atoms with van der Waals surface area (Å²) in [7, 11) is 0.706. The average Bonchev–Trinajstić information content (AvgIpc) is 3.83. The van der Waals surface area contributed by atoms with Gasteiger partial charge in [-0.2, -0.15) is 0 Å². The van der Waals surface area contributed by atoms with Crippen LogP contribution in [0, 0.1) is 17.8 Å². The molecule has 0 radical (unpaired) electrons. The van der Waals surface area contributed by atoms with Crippen molar-refractivity contribution in [3.63, 3.8) is 0 Å². The molecule has 0 spiro atoms. The standard InChI is InChI=1S/C41H80NO8P/c1-6-8-10-12-13-14-15-16-17-18-19-20-26-30-39(45)41(46)38(29-25-22-21-24-28-36-31-35(36)27-23-11-9-7-2)40(32-42(3,4)5)50-51(47,48)49-34-37(44)33-43/h35-38,40,43-44H,6-34H2,1-5H3/t35?,36?,37-,38?,40?/m1/s1. The lowest BCUT2D eigenvalue weighted by Crippen LogP contribution is -2.48. The van der Waals surface area contributed by atoms with Crippen LogP contribution in [0.1, 0.15) is 181 Å². The van der Waals surface area contributed by atoms with Gasteiger partial charge in [-0.05, 0) is 31.1 Å². The molecule has 51 heavy (non-hydrogen) atoms. The van der Waals surface area contributed by atoms with Gasteiger partial charge in [0.15, 0.2) is 5.78 Å². The quantitative estimate of drug-likeness (QED) is 0.0279. The van der Waals surface area contributed by atoms with Crippen LogP contribution in [0.5, 0.6) is 0 Å². The van der Waals surface area contributed by atoms with E-state index in [0.717, 1.165) is 50.4 Å². The van der Waals surface area contributed by atoms with Gasteiger partial charge in [0.2, 0.25) is 5.78 Å². The van der Waals surface area contributed by atoms with E-state index in [1.807, 2.05) is 21.1 Å². The normalized spacial score (nSPS) is 19.1. The Kier molecular flexibility index (Phi) is 27.2. The summed E-state index contributed by atoms with van der Waals surface area (Å²) in [4.78, 5) is 39.9. The maximum absolute atomic E-state index is 13.8. The first-order chi connectivity index (χ1) is 24.3. The number of aliphatic hydroxyl groups excluding tert-OH is 2. The Labute approximate surface area is 313 Å². The third kappa shape index (κ3) is 25.9. The van der Waals surface area contributed by atoms with Crippen LogP contribution < -0.4 is 4.89 Å². The molecule has 1 rings (SSSR count). The van der Waals surface area contributed by atoms with Crippen molar-refractivity contribution in [1.82, 2.24) is 0 Å². The summed E-state index contributed by atoms with van der Waals surface area (Å²) < 4.78 is 23.6. The van der Waals surface area contributed by atoms with Crippen LogP contribution >= 0.6 is 7.82 Å². The van der Waals surface area contributed by atoms with Gasteiger partial charge in [-0.15, -0.1) is 0 Å². The molecule has 0 aromatic carbocycles. The van der Waals surface area contributed by atoms with Gasteiger partial charge in [0.05, 0.1) is 40.3 Å². The molecule has 302 valence electrons. The number of hydrogen-bond acceptors (Lipinski definition) is 8. The fourth-order valence-corrected chi connectivity index (χ4v) is 8.26. The van der Waals surface area contributed by atoms with E-state index >= 15 is 0 Å². The molecule has 1 saturated carbocycles. The maximum Gasteiger partial charge on any atom is 0.268 e. The van der Waals surface area contributed by atoms with Gasteiger partial charge in [0, 0.05) is 6.42 Å². The fourth-order valence-electron chi connectivity index (χ4n) is 7.29. The third-order valence-electron chi connectivity index (χ3n) is 10.5. The second-order valence-electron chi connectivity index (χ2n) is 16.7. The molecule has 1 aliphatic carbocycles. The van der Waals surface area contributed by atoms with Gasteiger partial charge >= 0.3 is 0 Å². The number of ketones is 2. The molecule has 0 amide bonds. The van der Waals surface area contributed by atoms with E-state index in [9.17, 15) is 24.2 Å². The third-order valence-corrected chi connectivity index (χ3v) is 11.5. The first-order valence-corrected chi connectivity index (χ1v) is 22.6. The molecule has 2 N–H and O–H groups in total. The molecule has 0 saturated heterocycles. The number of phosphoric acid groups is 1. The van der Waals surface area contributed by atoms with Crippen molar-refractivity contribution in [3.8, 4) is 0 Å². The Hall–Kier alpha value is -0.670. The minimum Gasteiger partial charge on any atom is -0.756 e. The van der Waals surface area contributed by atoms with E-state index in [4.69, 9.17) is 14.2 Å². The number of carbonyl (C=O) groups is 2. The minimum atomic E-state index is -4.94. The highest BCUT2D eigenvalue weighted by Crippen LogP contribution is 2.46. The molecule has 0 aromatic rings. The Balaban J connectivity index is 2.67. The fraction of sp³-hybridized carbons (Fsp3) is 0.951. The van der Waals surface area contributed by atoms with E-state index in [0.29, 0.717) is 23.7 Å². The molecule has 1 fully saturated rings. The van der Waals surface area contributed by atoms with Crippen molar-refractivity contribution >= 4 is 19.4 Å². The smallest absolute Gasteiger partial charge is 0.268 e. The molecule has 5 unspecified atom stereocenters. The number of unbranched alkanes of at least 4 members (excludes halogenated alkanes) is 18. The lowest BCUT2D eigenvalue weighted by molar-refractivity contribution is -0.873. The number of nitrogens with zero attached hydrogens (tertiary/aromatic N) is 1. The molecule has 6 atom stereocenters. The molecule has 10 heteroatoms. The van der Waals surface area contributed by atoms with Gasteiger partial charge in [0.25, 0.3) is 7.82 Å². The van der Waals surface area contributed by atoms with Crippen LogP contribution in [0.2, 0.25) is 0 Å². The number of phosphoric ester groups is 1. The lowest BCUT2D eigenvalue weighted by atomic mass is 9.87. The van der Waals surface area contributed by atoms with Crippen molar-refractivity contribution in [1.29, 1.82) is 0 Å². The number of aliphatic hydroxyl groups is 2. The number of carbonyl (C=O) groups excluding carboxylic acids is 2. The van der Waals surface area contributed by atoms with Gasteiger partial charge in [0.1, 0.15) is 18.8 Å². The largest absolute Gasteiger partial charge is 0.756 e. The minimum absolute atomic E-state index is 0.166. The van der Waals surface area contributed by atoms with Crippen LogP contribution in [0.25, 0.3) is 0 Å². The summed E-state index contributed by atoms with van der Waals surface area (Å²) in [6.45, 7) is 3.37. The van der Waals surface area contributed by atoms with Crippen LogP contribution in [-0.4, -0.2) is 79.4 Å². The van der Waals surface area contributed by atoms with Crippen molar-refractivity contribution in [2.75, 3.05) is 40.9 Å². The molecule has 9 nitrogen and oxygen atoms in total. The Morgan fingerprint density at radius 2 is 1.20 bits per heavy atom. The van der Waals surface area contributed by atoms with Gasteiger partial charge in [-0.1, -0.05) is 155 Å². The molecule has 0 aromatic heterocycles. The predicted molar refractivity (Wildman–Crippen MR) is 206 cm³/mol. The van der Waals surface area contributed by atoms with Crippen LogP contribution in [0.3, 0.4) is 0 Å². The Morgan fingerprint density at radius 3 is 1.69 bits per heavy atom. The number of quaternary nitrogens is 1. The monoisotopic (exact) mass is 746 g/mol. The summed E-state index contributed by atoms with van der Waals surface area (Å²) in [5.74, 6) is -0.134. The van der Waals surface area contributed by atoms with E-state index in [2.05, 4.69) is 13.8 Å². The number of rotatable bonds is 37. The predicted octanol–water partition coefficient (Wildman–Crippen LogP) is 9.10. The molecular formula is C41H80NO8P. The molecular weight excluding hydrogens is 665 g/mol. The summed E-state index contributed by atoms with van der Waals surface area (Å²) in [5.41, 5.74) is 0. The topological polar surface area (TPSA) is 133 Å². The highest BCUT2D eigenvalue weighted by atomic mass is 31.2. The average molecular weight is 746 g/mol. The van der Waals surface area contributed by atoms with Gasteiger partial charge in [-0.25, -0.2) is 0 Å². The highest BCUT2D eigenvalue weighted by molar-refractivity contribution is 7.45. The first-order valence-electron chi connectivity index (χ1n) is 21.1. The number of likely N-dealkylation sites (N-methyl/N-ethyl adjacent to an activating group) is 1. The summed E-state index contributed by atoms with van der Waals surface area (Å²) >= 11 is 0. The van der Waals surface area contributed by atoms with Crippen molar-refractivity contribution in [2.45, 2.75) is 193 Å². The lowest BCUT2D eigenvalue weighted by Gasteiger charge is -2.36.